The summed E-state index contributed by atoms with van der Waals surface area (Å²) >= 11 is 0. The summed E-state index contributed by atoms with van der Waals surface area (Å²) in [5.74, 6) is 6.27. The third kappa shape index (κ3) is 3.84. The monoisotopic (exact) mass is 290 g/mol. The van der Waals surface area contributed by atoms with Gasteiger partial charge in [-0.1, -0.05) is 18.2 Å². The van der Waals surface area contributed by atoms with Gasteiger partial charge in [0.05, 0.1) is 12.6 Å². The highest BCUT2D eigenvalue weighted by Crippen LogP contribution is 2.34. The molecule has 1 atom stereocenters. The van der Waals surface area contributed by atoms with E-state index in [0.717, 1.165) is 23.3 Å². The van der Waals surface area contributed by atoms with Crippen molar-refractivity contribution in [3.05, 3.63) is 29.3 Å². The van der Waals surface area contributed by atoms with Crippen LogP contribution in [0.15, 0.2) is 18.2 Å². The topological polar surface area (TPSA) is 56.5 Å². The molecule has 112 valence electrons. The molecule has 0 spiro atoms. The highest BCUT2D eigenvalue weighted by molar-refractivity contribution is 5.45. The molecule has 0 fully saturated rings. The van der Waals surface area contributed by atoms with E-state index in [1.807, 2.05) is 18.2 Å². The maximum Gasteiger partial charge on any atom is 0.411 e. The van der Waals surface area contributed by atoms with Crippen LogP contribution in [0.2, 0.25) is 0 Å². The highest BCUT2D eigenvalue weighted by Gasteiger charge is 2.28. The summed E-state index contributed by atoms with van der Waals surface area (Å²) in [6.07, 6.45) is -3.12. The molecule has 1 unspecified atom stereocenters. The number of hydrogen-bond donors (Lipinski definition) is 2. The van der Waals surface area contributed by atoms with Crippen LogP contribution in [0.3, 0.4) is 0 Å². The number of rotatable bonds is 6. The fourth-order valence-corrected chi connectivity index (χ4v) is 2.23. The Labute approximate surface area is 115 Å². The van der Waals surface area contributed by atoms with E-state index in [2.05, 4.69) is 10.2 Å². The quantitative estimate of drug-likeness (QED) is 0.478. The lowest BCUT2D eigenvalue weighted by Crippen LogP contribution is -2.29. The molecular weight excluding hydrogens is 273 g/mol. The second kappa shape index (κ2) is 6.43. The Morgan fingerprint density at radius 2 is 2.20 bits per heavy atom. The lowest BCUT2D eigenvalue weighted by atomic mass is 10.0. The molecule has 0 bridgehead atoms. The smallest absolute Gasteiger partial charge is 0.411 e. The maximum atomic E-state index is 12.0. The van der Waals surface area contributed by atoms with Crippen molar-refractivity contribution in [3.8, 4) is 5.75 Å². The largest absolute Gasteiger partial charge is 0.493 e. The number of halogens is 3. The molecule has 0 saturated heterocycles. The molecule has 1 heterocycles. The van der Waals surface area contributed by atoms with Gasteiger partial charge in [0.1, 0.15) is 12.4 Å². The van der Waals surface area contributed by atoms with E-state index >= 15 is 0 Å². The van der Waals surface area contributed by atoms with Crippen molar-refractivity contribution < 1.29 is 22.6 Å². The molecule has 4 nitrogen and oxygen atoms in total. The van der Waals surface area contributed by atoms with Crippen LogP contribution in [0.4, 0.5) is 13.2 Å². The van der Waals surface area contributed by atoms with E-state index in [9.17, 15) is 13.2 Å². The van der Waals surface area contributed by atoms with Gasteiger partial charge in [0.15, 0.2) is 0 Å². The molecule has 0 aromatic heterocycles. The number of para-hydroxylation sites is 1. The molecule has 0 saturated carbocycles. The van der Waals surface area contributed by atoms with Crippen molar-refractivity contribution >= 4 is 0 Å². The van der Waals surface area contributed by atoms with Gasteiger partial charge in [0, 0.05) is 18.6 Å². The van der Waals surface area contributed by atoms with Crippen LogP contribution in [-0.4, -0.2) is 26.0 Å². The number of hydrogen-bond acceptors (Lipinski definition) is 4. The second-order valence-corrected chi connectivity index (χ2v) is 4.61. The van der Waals surface area contributed by atoms with E-state index in [4.69, 9.17) is 10.6 Å². The molecule has 1 aliphatic heterocycles. The van der Waals surface area contributed by atoms with Crippen molar-refractivity contribution in [3.63, 3.8) is 0 Å². The first kappa shape index (κ1) is 15.1. The molecule has 2 rings (SSSR count). The van der Waals surface area contributed by atoms with Gasteiger partial charge in [-0.15, -0.1) is 0 Å². The van der Waals surface area contributed by atoms with E-state index in [-0.39, 0.29) is 12.6 Å². The Balaban J connectivity index is 1.94. The van der Waals surface area contributed by atoms with Crippen LogP contribution in [0.1, 0.15) is 23.6 Å². The summed E-state index contributed by atoms with van der Waals surface area (Å²) in [7, 11) is 0. The Kier molecular flexibility index (Phi) is 4.85. The predicted octanol–water partition coefficient (Wildman–Crippen LogP) is 2.09. The van der Waals surface area contributed by atoms with Gasteiger partial charge < -0.3 is 9.47 Å². The highest BCUT2D eigenvalue weighted by atomic mass is 19.4. The molecule has 20 heavy (non-hydrogen) atoms. The van der Waals surface area contributed by atoms with Crippen LogP contribution in [0.5, 0.6) is 5.75 Å². The van der Waals surface area contributed by atoms with Gasteiger partial charge in [-0.25, -0.2) is 0 Å². The first-order valence-electron chi connectivity index (χ1n) is 6.36. The molecular formula is C13H17F3N2O2. The second-order valence-electron chi connectivity index (χ2n) is 4.61. The summed E-state index contributed by atoms with van der Waals surface area (Å²) in [6.45, 7) is -0.653. The number of nitrogens with one attached hydrogen (secondary N) is 1. The number of benzene rings is 1. The average molecular weight is 290 g/mol. The summed E-state index contributed by atoms with van der Waals surface area (Å²) in [5, 5.41) is 0. The van der Waals surface area contributed by atoms with Crippen molar-refractivity contribution in [2.45, 2.75) is 25.1 Å². The van der Waals surface area contributed by atoms with Crippen molar-refractivity contribution in [2.75, 3.05) is 19.8 Å². The Morgan fingerprint density at radius 3 is 2.90 bits per heavy atom. The van der Waals surface area contributed by atoms with E-state index in [1.54, 1.807) is 0 Å². The van der Waals surface area contributed by atoms with Gasteiger partial charge in [0.25, 0.3) is 0 Å². The van der Waals surface area contributed by atoms with Crippen LogP contribution in [0, 0.1) is 0 Å². The Bertz CT molecular complexity index is 452. The summed E-state index contributed by atoms with van der Waals surface area (Å²) in [5.41, 5.74) is 4.56. The molecule has 1 aliphatic rings. The lowest BCUT2D eigenvalue weighted by molar-refractivity contribution is -0.174. The maximum absolute atomic E-state index is 12.0. The fraction of sp³-hybridized carbons (Fsp3) is 0.538. The van der Waals surface area contributed by atoms with E-state index < -0.39 is 12.8 Å². The normalized spacial score (nSPS) is 15.8. The first-order chi connectivity index (χ1) is 9.51. The minimum absolute atomic E-state index is 0.0297. The molecule has 0 amide bonds. The SMILES string of the molecule is NNC(CCOCC(F)(F)F)c1cccc2c1OCC2. The van der Waals surface area contributed by atoms with Gasteiger partial charge in [-0.05, 0) is 12.0 Å². The van der Waals surface area contributed by atoms with Crippen LogP contribution in [0.25, 0.3) is 0 Å². The lowest BCUT2D eigenvalue weighted by Gasteiger charge is -2.19. The van der Waals surface area contributed by atoms with Crippen LogP contribution < -0.4 is 16.0 Å². The van der Waals surface area contributed by atoms with Crippen molar-refractivity contribution in [2.24, 2.45) is 5.84 Å². The minimum atomic E-state index is -4.30. The third-order valence-electron chi connectivity index (χ3n) is 3.14. The average Bonchev–Trinajstić information content (AvgIpc) is 2.86. The van der Waals surface area contributed by atoms with Crippen LogP contribution >= 0.6 is 0 Å². The van der Waals surface area contributed by atoms with Gasteiger partial charge >= 0.3 is 6.18 Å². The zero-order chi connectivity index (χ0) is 14.6. The number of hydrazine groups is 1. The molecule has 1 aromatic rings. The van der Waals surface area contributed by atoms with Gasteiger partial charge in [-0.3, -0.25) is 11.3 Å². The standard InChI is InChI=1S/C13H17F3N2O2/c14-13(15,16)8-19-6-5-11(18-17)10-3-1-2-9-4-7-20-12(9)10/h1-3,11,18H,4-8,17H2. The zero-order valence-electron chi connectivity index (χ0n) is 10.9. The summed E-state index contributed by atoms with van der Waals surface area (Å²) in [6, 6.07) is 5.43. The number of nitrogens with two attached hydrogens (primary N) is 1. The first-order valence-corrected chi connectivity index (χ1v) is 6.36. The summed E-state index contributed by atoms with van der Waals surface area (Å²) < 4.78 is 46.1. The van der Waals surface area contributed by atoms with E-state index in [0.29, 0.717) is 13.0 Å². The minimum Gasteiger partial charge on any atom is -0.493 e. The number of ether oxygens (including phenoxy) is 2. The summed E-state index contributed by atoms with van der Waals surface area (Å²) in [4.78, 5) is 0. The molecule has 1 aromatic carbocycles. The number of alkyl halides is 3. The van der Waals surface area contributed by atoms with Crippen LogP contribution in [-0.2, 0) is 11.2 Å². The zero-order valence-corrected chi connectivity index (χ0v) is 10.9. The molecule has 7 heteroatoms. The fourth-order valence-electron chi connectivity index (χ4n) is 2.23. The molecule has 0 radical (unpaired) electrons. The van der Waals surface area contributed by atoms with Crippen molar-refractivity contribution in [1.82, 2.24) is 5.43 Å². The van der Waals surface area contributed by atoms with Gasteiger partial charge in [0.2, 0.25) is 0 Å². The Hall–Kier alpha value is -1.31. The van der Waals surface area contributed by atoms with Gasteiger partial charge in [-0.2, -0.15) is 13.2 Å². The van der Waals surface area contributed by atoms with Crippen molar-refractivity contribution in [1.29, 1.82) is 0 Å². The molecule has 0 aliphatic carbocycles. The predicted molar refractivity (Wildman–Crippen MR) is 67.2 cm³/mol. The third-order valence-corrected chi connectivity index (χ3v) is 3.14. The Morgan fingerprint density at radius 1 is 1.40 bits per heavy atom. The molecule has 3 N–H and O–H groups in total. The number of fused-ring (bicyclic) bond motifs is 1. The van der Waals surface area contributed by atoms with E-state index in [1.165, 1.54) is 0 Å².